The summed E-state index contributed by atoms with van der Waals surface area (Å²) < 4.78 is 0. The molecule has 2 fully saturated rings. The molecule has 0 amide bonds. The summed E-state index contributed by atoms with van der Waals surface area (Å²) >= 11 is 0. The van der Waals surface area contributed by atoms with Gasteiger partial charge in [-0.1, -0.05) is 12.8 Å². The Balaban J connectivity index is 1.89. The van der Waals surface area contributed by atoms with Gasteiger partial charge < -0.3 is 10.4 Å². The third-order valence-electron chi connectivity index (χ3n) is 3.40. The summed E-state index contributed by atoms with van der Waals surface area (Å²) in [7, 11) is 0. The van der Waals surface area contributed by atoms with Crippen molar-refractivity contribution in [3.63, 3.8) is 0 Å². The van der Waals surface area contributed by atoms with Gasteiger partial charge in [0, 0.05) is 12.0 Å². The summed E-state index contributed by atoms with van der Waals surface area (Å²) in [6.45, 7) is 1.16. The van der Waals surface area contributed by atoms with E-state index in [-0.39, 0.29) is 6.10 Å². The third kappa shape index (κ3) is 1.64. The highest BCUT2D eigenvalue weighted by molar-refractivity contribution is 4.88. The van der Waals surface area contributed by atoms with Crippen LogP contribution in [0.1, 0.15) is 38.5 Å². The monoisotopic (exact) mass is 169 g/mol. The quantitative estimate of drug-likeness (QED) is 0.620. The molecular formula is C10H19NO. The van der Waals surface area contributed by atoms with Crippen molar-refractivity contribution in [2.45, 2.75) is 50.7 Å². The minimum Gasteiger partial charge on any atom is -0.393 e. The number of hydrogen-bond acceptors (Lipinski definition) is 2. The zero-order chi connectivity index (χ0) is 8.39. The largest absolute Gasteiger partial charge is 0.393 e. The van der Waals surface area contributed by atoms with Crippen LogP contribution in [-0.4, -0.2) is 23.8 Å². The molecule has 3 atom stereocenters. The van der Waals surface area contributed by atoms with E-state index in [1.165, 1.54) is 32.1 Å². The van der Waals surface area contributed by atoms with Crippen LogP contribution in [0.4, 0.5) is 0 Å². The molecule has 1 saturated carbocycles. The summed E-state index contributed by atoms with van der Waals surface area (Å²) in [6.07, 6.45) is 7.42. The van der Waals surface area contributed by atoms with Crippen LogP contribution in [0.25, 0.3) is 0 Å². The van der Waals surface area contributed by atoms with E-state index in [2.05, 4.69) is 5.32 Å². The molecule has 1 heterocycles. The fourth-order valence-electron chi connectivity index (χ4n) is 2.68. The van der Waals surface area contributed by atoms with Crippen molar-refractivity contribution < 1.29 is 5.11 Å². The fourth-order valence-corrected chi connectivity index (χ4v) is 2.68. The Labute approximate surface area is 74.4 Å². The van der Waals surface area contributed by atoms with Gasteiger partial charge in [0.2, 0.25) is 0 Å². The van der Waals surface area contributed by atoms with Gasteiger partial charge in [-0.25, -0.2) is 0 Å². The third-order valence-corrected chi connectivity index (χ3v) is 3.40. The van der Waals surface area contributed by atoms with Crippen LogP contribution in [0.5, 0.6) is 0 Å². The Bertz CT molecular complexity index is 143. The molecule has 2 aliphatic rings. The summed E-state index contributed by atoms with van der Waals surface area (Å²) in [5, 5.41) is 13.2. The van der Waals surface area contributed by atoms with E-state index in [4.69, 9.17) is 0 Å². The first-order valence-corrected chi connectivity index (χ1v) is 5.29. The zero-order valence-corrected chi connectivity index (χ0v) is 7.63. The molecule has 1 aliphatic carbocycles. The molecule has 0 aromatic carbocycles. The molecule has 2 nitrogen and oxygen atoms in total. The minimum absolute atomic E-state index is 0.0133. The Hall–Kier alpha value is -0.0800. The van der Waals surface area contributed by atoms with Crippen LogP contribution in [-0.2, 0) is 0 Å². The van der Waals surface area contributed by atoms with E-state index < -0.39 is 0 Å². The van der Waals surface area contributed by atoms with Crippen molar-refractivity contribution in [1.82, 2.24) is 5.32 Å². The van der Waals surface area contributed by atoms with Gasteiger partial charge >= 0.3 is 0 Å². The number of nitrogens with one attached hydrogen (secondary N) is 1. The second kappa shape index (κ2) is 3.75. The molecule has 1 saturated heterocycles. The van der Waals surface area contributed by atoms with E-state index in [9.17, 15) is 5.11 Å². The van der Waals surface area contributed by atoms with E-state index in [0.717, 1.165) is 13.0 Å². The standard InChI is InChI=1S/C10H19NO/c12-10-6-3-4-8(10)9-5-1-2-7-11-9/h8-12H,1-7H2. The Morgan fingerprint density at radius 3 is 2.50 bits per heavy atom. The van der Waals surface area contributed by atoms with E-state index in [0.29, 0.717) is 12.0 Å². The van der Waals surface area contributed by atoms with Crippen molar-refractivity contribution >= 4 is 0 Å². The number of aliphatic hydroxyl groups is 1. The van der Waals surface area contributed by atoms with Crippen molar-refractivity contribution in [3.8, 4) is 0 Å². The molecule has 2 N–H and O–H groups in total. The second-order valence-electron chi connectivity index (χ2n) is 4.22. The molecule has 12 heavy (non-hydrogen) atoms. The van der Waals surface area contributed by atoms with Crippen LogP contribution in [0.2, 0.25) is 0 Å². The van der Waals surface area contributed by atoms with Gasteiger partial charge in [0.05, 0.1) is 6.10 Å². The van der Waals surface area contributed by atoms with Crippen molar-refractivity contribution in [1.29, 1.82) is 0 Å². The van der Waals surface area contributed by atoms with Crippen LogP contribution in [0, 0.1) is 5.92 Å². The van der Waals surface area contributed by atoms with Gasteiger partial charge in [0.25, 0.3) is 0 Å². The molecule has 2 heteroatoms. The highest BCUT2D eigenvalue weighted by Gasteiger charge is 2.32. The van der Waals surface area contributed by atoms with Crippen molar-refractivity contribution in [2.75, 3.05) is 6.54 Å². The molecule has 2 rings (SSSR count). The second-order valence-corrected chi connectivity index (χ2v) is 4.22. The number of piperidine rings is 1. The lowest BCUT2D eigenvalue weighted by atomic mass is 9.90. The maximum Gasteiger partial charge on any atom is 0.0583 e. The first-order chi connectivity index (χ1) is 5.88. The summed E-state index contributed by atoms with van der Waals surface area (Å²) in [4.78, 5) is 0. The average Bonchev–Trinajstić information content (AvgIpc) is 2.53. The lowest BCUT2D eigenvalue weighted by molar-refractivity contribution is 0.101. The van der Waals surface area contributed by atoms with Gasteiger partial charge in [-0.05, 0) is 32.2 Å². The van der Waals surface area contributed by atoms with E-state index in [1.807, 2.05) is 0 Å². The molecular weight excluding hydrogens is 150 g/mol. The molecule has 3 unspecified atom stereocenters. The van der Waals surface area contributed by atoms with Gasteiger partial charge in [-0.2, -0.15) is 0 Å². The Morgan fingerprint density at radius 1 is 1.00 bits per heavy atom. The molecule has 1 aliphatic heterocycles. The SMILES string of the molecule is OC1CCCC1C1CCCCN1. The smallest absolute Gasteiger partial charge is 0.0583 e. The predicted molar refractivity (Wildman–Crippen MR) is 49.0 cm³/mol. The normalized spacial score (nSPS) is 43.2. The van der Waals surface area contributed by atoms with Crippen LogP contribution >= 0.6 is 0 Å². The maximum absolute atomic E-state index is 9.70. The van der Waals surface area contributed by atoms with E-state index in [1.54, 1.807) is 0 Å². The summed E-state index contributed by atoms with van der Waals surface area (Å²) in [5.74, 6) is 0.560. The first kappa shape index (κ1) is 8.52. The van der Waals surface area contributed by atoms with Crippen molar-refractivity contribution in [3.05, 3.63) is 0 Å². The first-order valence-electron chi connectivity index (χ1n) is 5.29. The average molecular weight is 169 g/mol. The fraction of sp³-hybridized carbons (Fsp3) is 1.00. The van der Waals surface area contributed by atoms with Crippen LogP contribution in [0.3, 0.4) is 0 Å². The molecule has 70 valence electrons. The predicted octanol–water partition coefficient (Wildman–Crippen LogP) is 1.29. The van der Waals surface area contributed by atoms with Crippen LogP contribution < -0.4 is 5.32 Å². The topological polar surface area (TPSA) is 32.3 Å². The lowest BCUT2D eigenvalue weighted by Crippen LogP contribution is -2.42. The van der Waals surface area contributed by atoms with Gasteiger partial charge in [0.1, 0.15) is 0 Å². The van der Waals surface area contributed by atoms with E-state index >= 15 is 0 Å². The maximum atomic E-state index is 9.70. The molecule has 0 bridgehead atoms. The van der Waals surface area contributed by atoms with Crippen LogP contribution in [0.15, 0.2) is 0 Å². The molecule has 0 radical (unpaired) electrons. The van der Waals surface area contributed by atoms with Gasteiger partial charge in [-0.3, -0.25) is 0 Å². The summed E-state index contributed by atoms with van der Waals surface area (Å²) in [6, 6.07) is 0.622. The summed E-state index contributed by atoms with van der Waals surface area (Å²) in [5.41, 5.74) is 0. The highest BCUT2D eigenvalue weighted by atomic mass is 16.3. The molecule has 0 aromatic rings. The number of aliphatic hydroxyl groups excluding tert-OH is 1. The lowest BCUT2D eigenvalue weighted by Gasteiger charge is -2.30. The highest BCUT2D eigenvalue weighted by Crippen LogP contribution is 2.31. The van der Waals surface area contributed by atoms with Gasteiger partial charge in [-0.15, -0.1) is 0 Å². The van der Waals surface area contributed by atoms with Gasteiger partial charge in [0.15, 0.2) is 0 Å². The Kier molecular flexibility index (Phi) is 2.66. The minimum atomic E-state index is -0.0133. The number of hydrogen-bond donors (Lipinski definition) is 2. The zero-order valence-electron chi connectivity index (χ0n) is 7.63. The number of rotatable bonds is 1. The molecule has 0 spiro atoms. The Morgan fingerprint density at radius 2 is 1.92 bits per heavy atom. The molecule has 0 aromatic heterocycles. The van der Waals surface area contributed by atoms with Crippen molar-refractivity contribution in [2.24, 2.45) is 5.92 Å².